The highest BCUT2D eigenvalue weighted by atomic mass is 19.2. The molecule has 124 valence electrons. The smallest absolute Gasteiger partial charge is 0.225 e. The summed E-state index contributed by atoms with van der Waals surface area (Å²) < 4.78 is 28.0. The summed E-state index contributed by atoms with van der Waals surface area (Å²) in [7, 11) is 0. The molecule has 0 fully saturated rings. The van der Waals surface area contributed by atoms with E-state index in [1.165, 1.54) is 10.7 Å². The number of aromatic nitrogens is 3. The van der Waals surface area contributed by atoms with Gasteiger partial charge in [-0.2, -0.15) is 5.10 Å². The van der Waals surface area contributed by atoms with Crippen LogP contribution in [0.25, 0.3) is 5.69 Å². The monoisotopic (exact) mass is 322 g/mol. The van der Waals surface area contributed by atoms with Gasteiger partial charge < -0.3 is 5.73 Å². The Kier molecular flexibility index (Phi) is 5.41. The van der Waals surface area contributed by atoms with Crippen molar-refractivity contribution >= 4 is 5.91 Å². The molecule has 1 aromatic heterocycles. The van der Waals surface area contributed by atoms with E-state index < -0.39 is 17.5 Å². The molecule has 23 heavy (non-hydrogen) atoms. The van der Waals surface area contributed by atoms with E-state index in [0.717, 1.165) is 25.0 Å². The second-order valence-electron chi connectivity index (χ2n) is 5.88. The molecule has 0 bridgehead atoms. The van der Waals surface area contributed by atoms with Crippen molar-refractivity contribution in [1.29, 1.82) is 0 Å². The Morgan fingerprint density at radius 2 is 2.04 bits per heavy atom. The van der Waals surface area contributed by atoms with Gasteiger partial charge >= 0.3 is 0 Å². The fourth-order valence-electron chi connectivity index (χ4n) is 2.28. The van der Waals surface area contributed by atoms with Crippen LogP contribution in [-0.4, -0.2) is 20.7 Å². The summed E-state index contributed by atoms with van der Waals surface area (Å²) in [5.74, 6) is -0.981. The topological polar surface area (TPSA) is 73.8 Å². The van der Waals surface area contributed by atoms with E-state index in [4.69, 9.17) is 5.73 Å². The fourth-order valence-corrected chi connectivity index (χ4v) is 2.28. The van der Waals surface area contributed by atoms with Gasteiger partial charge in [-0.3, -0.25) is 4.79 Å². The minimum absolute atomic E-state index is 0.0894. The SMILES string of the molecule is CC(C)CCCc1nc(CC(N)=O)nn1-c1ccc(F)c(F)c1. The molecular weight excluding hydrogens is 302 g/mol. The number of primary amides is 1. The van der Waals surface area contributed by atoms with E-state index in [9.17, 15) is 13.6 Å². The third kappa shape index (κ3) is 4.58. The van der Waals surface area contributed by atoms with Crippen molar-refractivity contribution in [3.8, 4) is 5.69 Å². The van der Waals surface area contributed by atoms with E-state index in [-0.39, 0.29) is 12.2 Å². The van der Waals surface area contributed by atoms with Gasteiger partial charge in [0.15, 0.2) is 17.5 Å². The summed E-state index contributed by atoms with van der Waals surface area (Å²) in [6.07, 6.45) is 2.43. The molecule has 0 aliphatic heterocycles. The average Bonchev–Trinajstić information content (AvgIpc) is 2.83. The summed E-state index contributed by atoms with van der Waals surface area (Å²) in [6, 6.07) is 3.52. The lowest BCUT2D eigenvalue weighted by Gasteiger charge is -2.07. The van der Waals surface area contributed by atoms with E-state index in [0.29, 0.717) is 23.9 Å². The summed E-state index contributed by atoms with van der Waals surface area (Å²) in [4.78, 5) is 15.4. The minimum atomic E-state index is -0.956. The van der Waals surface area contributed by atoms with Gasteiger partial charge in [0.2, 0.25) is 5.91 Å². The highest BCUT2D eigenvalue weighted by molar-refractivity contribution is 5.75. The zero-order valence-electron chi connectivity index (χ0n) is 13.2. The van der Waals surface area contributed by atoms with Gasteiger partial charge in [-0.25, -0.2) is 18.4 Å². The molecule has 1 aromatic carbocycles. The first-order valence-electron chi connectivity index (χ1n) is 7.55. The van der Waals surface area contributed by atoms with Crippen LogP contribution < -0.4 is 5.73 Å². The first-order chi connectivity index (χ1) is 10.9. The number of aryl methyl sites for hydroxylation is 1. The van der Waals surface area contributed by atoms with Crippen molar-refractivity contribution in [2.24, 2.45) is 11.7 Å². The van der Waals surface area contributed by atoms with Crippen LogP contribution in [0.2, 0.25) is 0 Å². The summed E-state index contributed by atoms with van der Waals surface area (Å²) in [5, 5.41) is 4.20. The van der Waals surface area contributed by atoms with Crippen LogP contribution in [0, 0.1) is 17.6 Å². The summed E-state index contributed by atoms with van der Waals surface area (Å²) >= 11 is 0. The summed E-state index contributed by atoms with van der Waals surface area (Å²) in [5.41, 5.74) is 5.54. The molecule has 0 aliphatic rings. The molecule has 5 nitrogen and oxygen atoms in total. The number of nitrogens with two attached hydrogens (primary N) is 1. The lowest BCUT2D eigenvalue weighted by atomic mass is 10.1. The molecule has 0 aliphatic carbocycles. The Bertz CT molecular complexity index is 697. The number of carbonyl (C=O) groups is 1. The molecule has 7 heteroatoms. The van der Waals surface area contributed by atoms with Crippen LogP contribution in [0.15, 0.2) is 18.2 Å². The van der Waals surface area contributed by atoms with E-state index in [1.807, 2.05) is 0 Å². The molecule has 0 unspecified atom stereocenters. The molecule has 0 radical (unpaired) electrons. The van der Waals surface area contributed by atoms with Crippen molar-refractivity contribution in [1.82, 2.24) is 14.8 Å². The Morgan fingerprint density at radius 3 is 2.65 bits per heavy atom. The fraction of sp³-hybridized carbons (Fsp3) is 0.438. The van der Waals surface area contributed by atoms with Crippen molar-refractivity contribution in [3.63, 3.8) is 0 Å². The molecule has 1 heterocycles. The number of halogens is 2. The Balaban J connectivity index is 2.32. The predicted molar refractivity (Wildman–Crippen MR) is 81.9 cm³/mol. The van der Waals surface area contributed by atoms with Gasteiger partial charge in [0.1, 0.15) is 5.82 Å². The third-order valence-electron chi connectivity index (χ3n) is 3.38. The van der Waals surface area contributed by atoms with Gasteiger partial charge in [-0.05, 0) is 24.5 Å². The second kappa shape index (κ2) is 7.30. The molecule has 0 saturated heterocycles. The van der Waals surface area contributed by atoms with Crippen LogP contribution in [0.4, 0.5) is 8.78 Å². The Morgan fingerprint density at radius 1 is 1.30 bits per heavy atom. The molecule has 2 N–H and O–H groups in total. The number of nitrogens with zero attached hydrogens (tertiary/aromatic N) is 3. The first-order valence-corrected chi connectivity index (χ1v) is 7.55. The normalized spacial score (nSPS) is 11.2. The molecule has 2 rings (SSSR count). The Hall–Kier alpha value is -2.31. The maximum atomic E-state index is 13.5. The lowest BCUT2D eigenvalue weighted by molar-refractivity contribution is -0.117. The van der Waals surface area contributed by atoms with Crippen molar-refractivity contribution in [2.45, 2.75) is 39.5 Å². The number of amides is 1. The maximum absolute atomic E-state index is 13.5. The van der Waals surface area contributed by atoms with Crippen molar-refractivity contribution in [3.05, 3.63) is 41.5 Å². The predicted octanol–water partition coefficient (Wildman–Crippen LogP) is 2.55. The quantitative estimate of drug-likeness (QED) is 0.851. The van der Waals surface area contributed by atoms with Gasteiger partial charge in [0.25, 0.3) is 0 Å². The largest absolute Gasteiger partial charge is 0.369 e. The standard InChI is InChI=1S/C16H20F2N4O/c1-10(2)4-3-5-16-20-15(9-14(19)23)21-22(16)11-6-7-12(17)13(18)8-11/h6-8,10H,3-5,9H2,1-2H3,(H2,19,23). The van der Waals surface area contributed by atoms with Crippen molar-refractivity contribution in [2.75, 3.05) is 0 Å². The minimum Gasteiger partial charge on any atom is -0.369 e. The lowest BCUT2D eigenvalue weighted by Crippen LogP contribution is -2.14. The van der Waals surface area contributed by atoms with Crippen LogP contribution in [-0.2, 0) is 17.6 Å². The van der Waals surface area contributed by atoms with Crippen LogP contribution in [0.5, 0.6) is 0 Å². The van der Waals surface area contributed by atoms with Gasteiger partial charge in [0.05, 0.1) is 12.1 Å². The Labute approximate surface area is 133 Å². The van der Waals surface area contributed by atoms with Gasteiger partial charge in [-0.15, -0.1) is 0 Å². The number of rotatable bonds is 7. The maximum Gasteiger partial charge on any atom is 0.225 e. The van der Waals surface area contributed by atoms with Gasteiger partial charge in [0, 0.05) is 12.5 Å². The molecule has 0 atom stereocenters. The molecule has 0 spiro atoms. The van der Waals surface area contributed by atoms with Crippen LogP contribution in [0.1, 0.15) is 38.3 Å². The molecule has 2 aromatic rings. The highest BCUT2D eigenvalue weighted by Gasteiger charge is 2.15. The second-order valence-corrected chi connectivity index (χ2v) is 5.88. The zero-order chi connectivity index (χ0) is 17.0. The number of benzene rings is 1. The van der Waals surface area contributed by atoms with E-state index >= 15 is 0 Å². The van der Waals surface area contributed by atoms with Crippen LogP contribution >= 0.6 is 0 Å². The van der Waals surface area contributed by atoms with Crippen molar-refractivity contribution < 1.29 is 13.6 Å². The van der Waals surface area contributed by atoms with E-state index in [1.54, 1.807) is 0 Å². The molecular formula is C16H20F2N4O. The number of carbonyl (C=O) groups excluding carboxylic acids is 1. The van der Waals surface area contributed by atoms with Crippen LogP contribution in [0.3, 0.4) is 0 Å². The summed E-state index contributed by atoms with van der Waals surface area (Å²) in [6.45, 7) is 4.25. The molecule has 0 saturated carbocycles. The molecule has 1 amide bonds. The average molecular weight is 322 g/mol. The third-order valence-corrected chi connectivity index (χ3v) is 3.38. The highest BCUT2D eigenvalue weighted by Crippen LogP contribution is 2.17. The first kappa shape index (κ1) is 17.1. The zero-order valence-corrected chi connectivity index (χ0v) is 13.2. The van der Waals surface area contributed by atoms with E-state index in [2.05, 4.69) is 23.9 Å². The number of hydrogen-bond acceptors (Lipinski definition) is 3. The van der Waals surface area contributed by atoms with Gasteiger partial charge in [-0.1, -0.05) is 20.3 Å². The number of hydrogen-bond donors (Lipinski definition) is 1.